The summed E-state index contributed by atoms with van der Waals surface area (Å²) in [5, 5.41) is 1.15. The standard InChI is InChI=1S/C34H69BrO2/c1-9-10-11-12-13-19-36-27-37-20-15-17-29(3)22-31(5)24-33(7)26-34(8)25-32(6)23-30(4)21-28(2)16-14-18-35/h28-34H,9-27H2,1-8H3. The Labute approximate surface area is 243 Å². The second kappa shape index (κ2) is 25.4. The smallest absolute Gasteiger partial charge is 0.146 e. The summed E-state index contributed by atoms with van der Waals surface area (Å²) in [6.07, 6.45) is 19.9. The van der Waals surface area contributed by atoms with E-state index in [2.05, 4.69) is 71.3 Å². The molecule has 0 rings (SSSR count). The number of alkyl halides is 1. The molecule has 37 heavy (non-hydrogen) atoms. The van der Waals surface area contributed by atoms with Crippen molar-refractivity contribution in [2.75, 3.05) is 25.3 Å². The maximum Gasteiger partial charge on any atom is 0.146 e. The van der Waals surface area contributed by atoms with Crippen molar-refractivity contribution in [2.24, 2.45) is 41.4 Å². The number of unbranched alkanes of at least 4 members (excludes halogenated alkanes) is 4. The lowest BCUT2D eigenvalue weighted by atomic mass is 9.80. The van der Waals surface area contributed by atoms with Gasteiger partial charge in [0.25, 0.3) is 0 Å². The molecule has 7 atom stereocenters. The maximum atomic E-state index is 5.69. The van der Waals surface area contributed by atoms with E-state index >= 15 is 0 Å². The number of ether oxygens (including phenoxy) is 2. The zero-order valence-electron chi connectivity index (χ0n) is 26.7. The predicted molar refractivity (Wildman–Crippen MR) is 170 cm³/mol. The number of hydrogen-bond donors (Lipinski definition) is 0. The number of rotatable bonds is 27. The molecule has 0 fully saturated rings. The van der Waals surface area contributed by atoms with E-state index in [1.54, 1.807) is 0 Å². The van der Waals surface area contributed by atoms with Crippen LogP contribution in [-0.4, -0.2) is 25.3 Å². The fourth-order valence-electron chi connectivity index (χ4n) is 6.78. The van der Waals surface area contributed by atoms with Gasteiger partial charge in [0.15, 0.2) is 0 Å². The van der Waals surface area contributed by atoms with E-state index in [9.17, 15) is 0 Å². The fraction of sp³-hybridized carbons (Fsp3) is 1.00. The molecular weight excluding hydrogens is 520 g/mol. The molecule has 7 unspecified atom stereocenters. The molecule has 0 heterocycles. The van der Waals surface area contributed by atoms with E-state index in [1.807, 2.05) is 0 Å². The summed E-state index contributed by atoms with van der Waals surface area (Å²) in [5.74, 6) is 5.91. The van der Waals surface area contributed by atoms with Crippen LogP contribution in [0.1, 0.15) is 152 Å². The zero-order valence-corrected chi connectivity index (χ0v) is 28.3. The molecule has 0 aromatic heterocycles. The highest BCUT2D eigenvalue weighted by Crippen LogP contribution is 2.30. The third-order valence-corrected chi connectivity index (χ3v) is 8.76. The SMILES string of the molecule is CCCCCCCOCOCCCC(C)CC(C)CC(C)CC(C)CC(C)CC(C)CC(C)CCCBr. The van der Waals surface area contributed by atoms with Gasteiger partial charge >= 0.3 is 0 Å². The summed E-state index contributed by atoms with van der Waals surface area (Å²) in [5.41, 5.74) is 0. The molecule has 3 heteroatoms. The number of hydrogen-bond acceptors (Lipinski definition) is 2. The topological polar surface area (TPSA) is 18.5 Å². The van der Waals surface area contributed by atoms with Crippen molar-refractivity contribution in [2.45, 2.75) is 152 Å². The Morgan fingerprint density at radius 3 is 1.27 bits per heavy atom. The van der Waals surface area contributed by atoms with Crippen LogP contribution >= 0.6 is 15.9 Å². The minimum atomic E-state index is 0.475. The Balaban J connectivity index is 3.85. The molecule has 0 N–H and O–H groups in total. The first-order valence-electron chi connectivity index (χ1n) is 16.4. The Morgan fingerprint density at radius 1 is 0.459 bits per heavy atom. The summed E-state index contributed by atoms with van der Waals surface area (Å²) in [4.78, 5) is 0. The molecule has 2 nitrogen and oxygen atoms in total. The second-order valence-corrected chi connectivity index (χ2v) is 14.3. The molecule has 0 aromatic carbocycles. The van der Waals surface area contributed by atoms with Gasteiger partial charge in [-0.3, -0.25) is 0 Å². The van der Waals surface area contributed by atoms with Crippen LogP contribution < -0.4 is 0 Å². The quantitative estimate of drug-likeness (QED) is 0.0539. The summed E-state index contributed by atoms with van der Waals surface area (Å²) in [6, 6.07) is 0. The van der Waals surface area contributed by atoms with Crippen LogP contribution in [0.25, 0.3) is 0 Å². The van der Waals surface area contributed by atoms with Crippen LogP contribution in [0.2, 0.25) is 0 Å². The first-order chi connectivity index (χ1) is 17.7. The van der Waals surface area contributed by atoms with E-state index in [1.165, 1.54) is 89.9 Å². The van der Waals surface area contributed by atoms with Crippen molar-refractivity contribution in [3.05, 3.63) is 0 Å². The van der Waals surface area contributed by atoms with Gasteiger partial charge in [-0.1, -0.05) is 97.0 Å². The summed E-state index contributed by atoms with van der Waals surface area (Å²) in [7, 11) is 0. The average Bonchev–Trinajstić information content (AvgIpc) is 2.80. The normalized spacial score (nSPS) is 17.8. The van der Waals surface area contributed by atoms with Crippen molar-refractivity contribution in [3.63, 3.8) is 0 Å². The molecule has 224 valence electrons. The largest absolute Gasteiger partial charge is 0.355 e. The van der Waals surface area contributed by atoms with Gasteiger partial charge < -0.3 is 9.47 Å². The molecule has 0 aliphatic rings. The minimum Gasteiger partial charge on any atom is -0.355 e. The lowest BCUT2D eigenvalue weighted by molar-refractivity contribution is -0.0561. The summed E-state index contributed by atoms with van der Waals surface area (Å²) < 4.78 is 11.3. The van der Waals surface area contributed by atoms with Gasteiger partial charge in [-0.2, -0.15) is 0 Å². The van der Waals surface area contributed by atoms with Gasteiger partial charge in [-0.15, -0.1) is 0 Å². The monoisotopic (exact) mass is 588 g/mol. The van der Waals surface area contributed by atoms with E-state index in [4.69, 9.17) is 9.47 Å². The molecule has 0 saturated heterocycles. The molecule has 0 amide bonds. The van der Waals surface area contributed by atoms with E-state index in [0.29, 0.717) is 6.79 Å². The molecule has 0 aliphatic heterocycles. The zero-order chi connectivity index (χ0) is 27.9. The van der Waals surface area contributed by atoms with Crippen LogP contribution in [0.15, 0.2) is 0 Å². The van der Waals surface area contributed by atoms with E-state index < -0.39 is 0 Å². The second-order valence-electron chi connectivity index (χ2n) is 13.5. The van der Waals surface area contributed by atoms with Crippen LogP contribution in [0.4, 0.5) is 0 Å². The first-order valence-corrected chi connectivity index (χ1v) is 17.5. The lowest BCUT2D eigenvalue weighted by Gasteiger charge is -2.26. The molecular formula is C34H69BrO2. The average molecular weight is 590 g/mol. The van der Waals surface area contributed by atoms with Gasteiger partial charge in [0.2, 0.25) is 0 Å². The maximum absolute atomic E-state index is 5.69. The van der Waals surface area contributed by atoms with Crippen LogP contribution in [0, 0.1) is 41.4 Å². The Hall–Kier alpha value is 0.400. The predicted octanol–water partition coefficient (Wildman–Crippen LogP) is 11.7. The van der Waals surface area contributed by atoms with Crippen molar-refractivity contribution in [1.82, 2.24) is 0 Å². The highest BCUT2D eigenvalue weighted by molar-refractivity contribution is 9.09. The third-order valence-electron chi connectivity index (χ3n) is 8.20. The first kappa shape index (κ1) is 37.4. The minimum absolute atomic E-state index is 0.475. The summed E-state index contributed by atoms with van der Waals surface area (Å²) >= 11 is 3.58. The van der Waals surface area contributed by atoms with Crippen molar-refractivity contribution in [1.29, 1.82) is 0 Å². The number of halogens is 1. The fourth-order valence-corrected chi connectivity index (χ4v) is 7.11. The van der Waals surface area contributed by atoms with Crippen LogP contribution in [0.5, 0.6) is 0 Å². The summed E-state index contributed by atoms with van der Waals surface area (Å²) in [6.45, 7) is 21.7. The molecule has 0 aliphatic carbocycles. The van der Waals surface area contributed by atoms with Gasteiger partial charge in [0.1, 0.15) is 6.79 Å². The van der Waals surface area contributed by atoms with Crippen LogP contribution in [-0.2, 0) is 9.47 Å². The van der Waals surface area contributed by atoms with Crippen LogP contribution in [0.3, 0.4) is 0 Å². The Morgan fingerprint density at radius 2 is 0.838 bits per heavy atom. The lowest BCUT2D eigenvalue weighted by Crippen LogP contribution is -2.14. The highest BCUT2D eigenvalue weighted by atomic mass is 79.9. The molecule has 0 bridgehead atoms. The van der Waals surface area contributed by atoms with Crippen molar-refractivity contribution >= 4 is 15.9 Å². The van der Waals surface area contributed by atoms with Gasteiger partial charge in [0, 0.05) is 18.5 Å². The highest BCUT2D eigenvalue weighted by Gasteiger charge is 2.18. The van der Waals surface area contributed by atoms with Gasteiger partial charge in [-0.25, -0.2) is 0 Å². The van der Waals surface area contributed by atoms with E-state index in [-0.39, 0.29) is 0 Å². The molecule has 0 saturated carbocycles. The van der Waals surface area contributed by atoms with Gasteiger partial charge in [0.05, 0.1) is 0 Å². The molecule has 0 spiro atoms. The van der Waals surface area contributed by atoms with Gasteiger partial charge in [-0.05, 0) is 112 Å². The van der Waals surface area contributed by atoms with Crippen molar-refractivity contribution in [3.8, 4) is 0 Å². The Bertz CT molecular complexity index is 471. The van der Waals surface area contributed by atoms with E-state index in [0.717, 1.165) is 66.4 Å². The van der Waals surface area contributed by atoms with Crippen molar-refractivity contribution < 1.29 is 9.47 Å². The third kappa shape index (κ3) is 25.1. The molecule has 0 aromatic rings. The molecule has 0 radical (unpaired) electrons. The Kier molecular flexibility index (Phi) is 25.6.